The second-order valence-electron chi connectivity index (χ2n) is 4.53. The molecule has 5 heteroatoms. The van der Waals surface area contributed by atoms with E-state index in [0.29, 0.717) is 17.8 Å². The number of nitrogens with zero attached hydrogens (tertiary/aromatic N) is 2. The molecular weight excluding hydrogens is 242 g/mol. The molecule has 1 aromatic rings. The highest BCUT2D eigenvalue weighted by atomic mass is 16.3. The third-order valence-electron chi connectivity index (χ3n) is 3.45. The van der Waals surface area contributed by atoms with Gasteiger partial charge in [0, 0.05) is 12.1 Å². The molecule has 1 amide bonds. The van der Waals surface area contributed by atoms with Crippen LogP contribution in [-0.4, -0.2) is 41.3 Å². The number of phenols is 1. The zero-order valence-electron chi connectivity index (χ0n) is 11.3. The fourth-order valence-corrected chi connectivity index (χ4v) is 2.24. The summed E-state index contributed by atoms with van der Waals surface area (Å²) in [4.78, 5) is 14.1. The second-order valence-corrected chi connectivity index (χ2v) is 4.53. The average Bonchev–Trinajstić information content (AvgIpc) is 2.78. The van der Waals surface area contributed by atoms with Gasteiger partial charge in [-0.25, -0.2) is 5.43 Å². The van der Waals surface area contributed by atoms with Gasteiger partial charge < -0.3 is 10.0 Å². The molecule has 5 nitrogen and oxygen atoms in total. The normalized spacial score (nSPS) is 18.6. The van der Waals surface area contributed by atoms with Crippen molar-refractivity contribution in [2.45, 2.75) is 13.8 Å². The fourth-order valence-electron chi connectivity index (χ4n) is 2.24. The third kappa shape index (κ3) is 2.76. The molecule has 19 heavy (non-hydrogen) atoms. The molecule has 0 radical (unpaired) electrons. The van der Waals surface area contributed by atoms with Crippen LogP contribution in [0, 0.1) is 5.92 Å². The van der Waals surface area contributed by atoms with Gasteiger partial charge in [-0.05, 0) is 25.2 Å². The number of phenolic OH excluding ortho intramolecular Hbond substituents is 1. The summed E-state index contributed by atoms with van der Waals surface area (Å²) in [6, 6.07) is 6.97. The Kier molecular flexibility index (Phi) is 4.16. The van der Waals surface area contributed by atoms with E-state index in [1.54, 1.807) is 18.2 Å². The van der Waals surface area contributed by atoms with Gasteiger partial charge in [0.05, 0.1) is 11.6 Å². The van der Waals surface area contributed by atoms with Gasteiger partial charge in [0.1, 0.15) is 5.75 Å². The maximum Gasteiger partial charge on any atom is 0.250 e. The molecule has 1 heterocycles. The monoisotopic (exact) mass is 261 g/mol. The highest BCUT2D eigenvalue weighted by Crippen LogP contribution is 2.23. The molecule has 2 rings (SSSR count). The van der Waals surface area contributed by atoms with E-state index >= 15 is 0 Å². The molecule has 0 spiro atoms. The van der Waals surface area contributed by atoms with Gasteiger partial charge in [-0.2, -0.15) is 5.10 Å². The largest absolute Gasteiger partial charge is 0.507 e. The fraction of sp³-hybridized carbons (Fsp3) is 0.429. The number of hydrazone groups is 1. The maximum absolute atomic E-state index is 11.9. The predicted molar refractivity (Wildman–Crippen MR) is 74.1 cm³/mol. The second kappa shape index (κ2) is 5.84. The molecule has 0 aromatic heterocycles. The minimum atomic E-state index is -0.326. The molecule has 2 N–H and O–H groups in total. The van der Waals surface area contributed by atoms with Crippen LogP contribution in [0.3, 0.4) is 0 Å². The summed E-state index contributed by atoms with van der Waals surface area (Å²) in [6.45, 7) is 6.51. The standard InChI is InChI=1S/C14H19N3O2/c1-3-17(4-2)9-11-13(15-16-14(11)19)10-7-5-6-8-12(10)18/h5-8,11,18H,3-4,9H2,1-2H3,(H,16,19). The van der Waals surface area contributed by atoms with Crippen LogP contribution in [-0.2, 0) is 4.79 Å². The molecule has 0 saturated carbocycles. The zero-order valence-corrected chi connectivity index (χ0v) is 11.3. The summed E-state index contributed by atoms with van der Waals surface area (Å²) >= 11 is 0. The van der Waals surface area contributed by atoms with Crippen molar-refractivity contribution in [3.05, 3.63) is 29.8 Å². The molecule has 1 aliphatic rings. The van der Waals surface area contributed by atoms with Gasteiger partial charge in [-0.15, -0.1) is 0 Å². The Morgan fingerprint density at radius 3 is 2.63 bits per heavy atom. The van der Waals surface area contributed by atoms with Crippen molar-refractivity contribution < 1.29 is 9.90 Å². The third-order valence-corrected chi connectivity index (χ3v) is 3.45. The van der Waals surface area contributed by atoms with Crippen LogP contribution in [0.15, 0.2) is 29.4 Å². The van der Waals surface area contributed by atoms with E-state index in [1.807, 2.05) is 6.07 Å². The topological polar surface area (TPSA) is 64.9 Å². The molecule has 0 aliphatic carbocycles. The summed E-state index contributed by atoms with van der Waals surface area (Å²) in [7, 11) is 0. The first kappa shape index (κ1) is 13.5. The number of amides is 1. The lowest BCUT2D eigenvalue weighted by atomic mass is 9.95. The van der Waals surface area contributed by atoms with E-state index in [2.05, 4.69) is 29.3 Å². The Morgan fingerprint density at radius 2 is 2.00 bits per heavy atom. The minimum Gasteiger partial charge on any atom is -0.507 e. The van der Waals surface area contributed by atoms with Crippen molar-refractivity contribution in [3.8, 4) is 5.75 Å². The van der Waals surface area contributed by atoms with Crippen LogP contribution in [0.2, 0.25) is 0 Å². The molecular formula is C14H19N3O2. The first-order chi connectivity index (χ1) is 9.17. The van der Waals surface area contributed by atoms with E-state index in [4.69, 9.17) is 0 Å². The highest BCUT2D eigenvalue weighted by Gasteiger charge is 2.33. The Hall–Kier alpha value is -1.88. The van der Waals surface area contributed by atoms with Crippen molar-refractivity contribution in [2.24, 2.45) is 11.0 Å². The van der Waals surface area contributed by atoms with Gasteiger partial charge >= 0.3 is 0 Å². The smallest absolute Gasteiger partial charge is 0.250 e. The molecule has 0 bridgehead atoms. The minimum absolute atomic E-state index is 0.106. The van der Waals surface area contributed by atoms with Crippen molar-refractivity contribution in [1.29, 1.82) is 0 Å². The lowest BCUT2D eigenvalue weighted by Crippen LogP contribution is -2.37. The first-order valence-corrected chi connectivity index (χ1v) is 6.55. The predicted octanol–water partition coefficient (Wildman–Crippen LogP) is 1.18. The Morgan fingerprint density at radius 1 is 1.32 bits per heavy atom. The number of para-hydroxylation sites is 1. The van der Waals surface area contributed by atoms with Crippen LogP contribution < -0.4 is 5.43 Å². The molecule has 1 aliphatic heterocycles. The number of carbonyl (C=O) groups is 1. The van der Waals surface area contributed by atoms with Gasteiger partial charge in [0.2, 0.25) is 0 Å². The Balaban J connectivity index is 2.25. The molecule has 1 atom stereocenters. The molecule has 1 unspecified atom stereocenters. The van der Waals surface area contributed by atoms with Gasteiger partial charge in [-0.1, -0.05) is 26.0 Å². The zero-order chi connectivity index (χ0) is 13.8. The van der Waals surface area contributed by atoms with E-state index in [0.717, 1.165) is 13.1 Å². The maximum atomic E-state index is 11.9. The number of hydrogen-bond donors (Lipinski definition) is 2. The molecule has 102 valence electrons. The summed E-state index contributed by atoms with van der Waals surface area (Å²) in [6.07, 6.45) is 0. The van der Waals surface area contributed by atoms with Crippen LogP contribution in [0.1, 0.15) is 19.4 Å². The number of hydrogen-bond acceptors (Lipinski definition) is 4. The van der Waals surface area contributed by atoms with E-state index in [9.17, 15) is 9.90 Å². The van der Waals surface area contributed by atoms with Crippen LogP contribution >= 0.6 is 0 Å². The Labute approximate surface area is 112 Å². The average molecular weight is 261 g/mol. The lowest BCUT2D eigenvalue weighted by Gasteiger charge is -2.22. The van der Waals surface area contributed by atoms with Crippen LogP contribution in [0.25, 0.3) is 0 Å². The molecule has 0 saturated heterocycles. The number of nitrogens with one attached hydrogen (secondary N) is 1. The lowest BCUT2D eigenvalue weighted by molar-refractivity contribution is -0.122. The summed E-state index contributed by atoms with van der Waals surface area (Å²) < 4.78 is 0. The molecule has 1 aromatic carbocycles. The Bertz CT molecular complexity index is 495. The van der Waals surface area contributed by atoms with Crippen LogP contribution in [0.4, 0.5) is 0 Å². The van der Waals surface area contributed by atoms with Crippen molar-refractivity contribution >= 4 is 11.6 Å². The van der Waals surface area contributed by atoms with E-state index < -0.39 is 0 Å². The van der Waals surface area contributed by atoms with Crippen molar-refractivity contribution in [3.63, 3.8) is 0 Å². The quantitative estimate of drug-likeness (QED) is 0.836. The van der Waals surface area contributed by atoms with E-state index in [1.165, 1.54) is 0 Å². The van der Waals surface area contributed by atoms with Gasteiger partial charge in [0.15, 0.2) is 0 Å². The van der Waals surface area contributed by atoms with Crippen molar-refractivity contribution in [2.75, 3.05) is 19.6 Å². The number of aromatic hydroxyl groups is 1. The highest BCUT2D eigenvalue weighted by molar-refractivity contribution is 6.17. The van der Waals surface area contributed by atoms with Crippen LogP contribution in [0.5, 0.6) is 5.75 Å². The molecule has 0 fully saturated rings. The van der Waals surface area contributed by atoms with Gasteiger partial charge in [-0.3, -0.25) is 4.79 Å². The van der Waals surface area contributed by atoms with E-state index in [-0.39, 0.29) is 17.6 Å². The summed E-state index contributed by atoms with van der Waals surface area (Å²) in [5.41, 5.74) is 3.75. The number of carbonyl (C=O) groups excluding carboxylic acids is 1. The SMILES string of the molecule is CCN(CC)CC1C(=O)NN=C1c1ccccc1O. The van der Waals surface area contributed by atoms with Gasteiger partial charge in [0.25, 0.3) is 5.91 Å². The summed E-state index contributed by atoms with van der Waals surface area (Å²) in [5, 5.41) is 14.0. The summed E-state index contributed by atoms with van der Waals surface area (Å²) in [5.74, 6) is -0.277. The number of rotatable bonds is 5. The first-order valence-electron chi connectivity index (χ1n) is 6.55. The number of benzene rings is 1. The van der Waals surface area contributed by atoms with Crippen molar-refractivity contribution in [1.82, 2.24) is 10.3 Å².